The molecule has 0 saturated carbocycles. The first-order chi connectivity index (χ1) is 14.3. The van der Waals surface area contributed by atoms with Gasteiger partial charge in [-0.05, 0) is 62.6 Å². The zero-order valence-corrected chi connectivity index (χ0v) is 17.6. The molecule has 0 saturated heterocycles. The highest BCUT2D eigenvalue weighted by atomic mass is 16.3. The Balaban J connectivity index is 1.81. The van der Waals surface area contributed by atoms with Crippen LogP contribution < -0.4 is 5.32 Å². The van der Waals surface area contributed by atoms with Gasteiger partial charge in [-0.15, -0.1) is 0 Å². The fourth-order valence-electron chi connectivity index (χ4n) is 3.83. The number of benzene rings is 2. The molecule has 3 aromatic rings. The molecule has 0 aliphatic carbocycles. The maximum absolute atomic E-state index is 13.4. The number of furan rings is 1. The average Bonchev–Trinajstić information content (AvgIpc) is 3.28. The van der Waals surface area contributed by atoms with E-state index in [0.717, 1.165) is 33.5 Å². The molecule has 0 bridgehead atoms. The molecule has 1 aromatic heterocycles. The van der Waals surface area contributed by atoms with E-state index in [-0.39, 0.29) is 18.4 Å². The summed E-state index contributed by atoms with van der Waals surface area (Å²) in [4.78, 5) is 28.0. The van der Waals surface area contributed by atoms with E-state index in [4.69, 9.17) is 4.42 Å². The molecule has 2 amide bonds. The largest absolute Gasteiger partial charge is 0.467 e. The predicted octanol–water partition coefficient (Wildman–Crippen LogP) is 4.91. The Labute approximate surface area is 176 Å². The quantitative estimate of drug-likeness (QED) is 0.619. The molecule has 0 spiro atoms. The van der Waals surface area contributed by atoms with E-state index in [1.54, 1.807) is 12.1 Å². The van der Waals surface area contributed by atoms with Crippen molar-refractivity contribution in [2.75, 3.05) is 5.32 Å². The van der Waals surface area contributed by atoms with E-state index in [1.165, 1.54) is 11.2 Å². The number of carbonyl (C=O) groups is 2. The minimum Gasteiger partial charge on any atom is -0.467 e. The molecule has 5 nitrogen and oxygen atoms in total. The van der Waals surface area contributed by atoms with Gasteiger partial charge in [-0.3, -0.25) is 14.5 Å². The van der Waals surface area contributed by atoms with Crippen molar-refractivity contribution in [3.63, 3.8) is 0 Å². The monoisotopic (exact) mass is 400 g/mol. The lowest BCUT2D eigenvalue weighted by Crippen LogP contribution is -2.31. The molecule has 1 aliphatic rings. The summed E-state index contributed by atoms with van der Waals surface area (Å²) in [5.41, 5.74) is 6.44. The molecule has 2 heterocycles. The van der Waals surface area contributed by atoms with Crippen LogP contribution in [0.1, 0.15) is 33.6 Å². The zero-order valence-electron chi connectivity index (χ0n) is 17.6. The van der Waals surface area contributed by atoms with Crippen LogP contribution in [-0.4, -0.2) is 16.7 Å². The van der Waals surface area contributed by atoms with E-state index in [9.17, 15) is 9.59 Å². The highest BCUT2D eigenvalue weighted by molar-refractivity contribution is 6.36. The third kappa shape index (κ3) is 3.54. The molecule has 4 rings (SSSR count). The standard InChI is InChI=1S/C25H24N2O3/c1-15-7-9-20(17(3)12-15)22-23(26-21-10-8-16(2)13-18(21)4)25(29)27(24(22)28)14-19-6-5-11-30-19/h5-13,26H,14H2,1-4H3. The molecular formula is C25H24N2O3. The van der Waals surface area contributed by atoms with Crippen LogP contribution in [0.4, 0.5) is 5.69 Å². The van der Waals surface area contributed by atoms with Crippen LogP contribution in [0.5, 0.6) is 0 Å². The van der Waals surface area contributed by atoms with E-state index in [1.807, 2.05) is 64.1 Å². The van der Waals surface area contributed by atoms with Gasteiger partial charge in [0.2, 0.25) is 0 Å². The Bertz CT molecular complexity index is 1170. The summed E-state index contributed by atoms with van der Waals surface area (Å²) in [5.74, 6) is -0.119. The van der Waals surface area contributed by atoms with E-state index in [0.29, 0.717) is 17.0 Å². The van der Waals surface area contributed by atoms with Crippen molar-refractivity contribution < 1.29 is 14.0 Å². The summed E-state index contributed by atoms with van der Waals surface area (Å²) in [6, 6.07) is 15.3. The van der Waals surface area contributed by atoms with Crippen molar-refractivity contribution in [1.29, 1.82) is 0 Å². The SMILES string of the molecule is Cc1ccc(NC2=C(c3ccc(C)cc3C)C(=O)N(Cc3ccco3)C2=O)c(C)c1. The van der Waals surface area contributed by atoms with Gasteiger partial charge >= 0.3 is 0 Å². The predicted molar refractivity (Wildman–Crippen MR) is 117 cm³/mol. The summed E-state index contributed by atoms with van der Waals surface area (Å²) in [6.07, 6.45) is 1.54. The zero-order chi connectivity index (χ0) is 21.4. The van der Waals surface area contributed by atoms with Gasteiger partial charge < -0.3 is 9.73 Å². The summed E-state index contributed by atoms with van der Waals surface area (Å²) in [6.45, 7) is 8.06. The first-order valence-corrected chi connectivity index (χ1v) is 9.90. The van der Waals surface area contributed by atoms with E-state index >= 15 is 0 Å². The Morgan fingerprint density at radius 3 is 2.20 bits per heavy atom. The fourth-order valence-corrected chi connectivity index (χ4v) is 3.83. The number of hydrogen-bond donors (Lipinski definition) is 1. The van der Waals surface area contributed by atoms with Crippen molar-refractivity contribution >= 4 is 23.1 Å². The number of carbonyl (C=O) groups excluding carboxylic acids is 2. The minimum atomic E-state index is -0.355. The average molecular weight is 400 g/mol. The van der Waals surface area contributed by atoms with Gasteiger partial charge in [0.05, 0.1) is 18.4 Å². The van der Waals surface area contributed by atoms with Crippen molar-refractivity contribution in [1.82, 2.24) is 4.90 Å². The number of imide groups is 1. The topological polar surface area (TPSA) is 62.6 Å². The highest BCUT2D eigenvalue weighted by Gasteiger charge is 2.40. The second-order valence-corrected chi connectivity index (χ2v) is 7.79. The molecule has 0 radical (unpaired) electrons. The third-order valence-electron chi connectivity index (χ3n) is 5.35. The maximum atomic E-state index is 13.4. The highest BCUT2D eigenvalue weighted by Crippen LogP contribution is 2.34. The second kappa shape index (κ2) is 7.67. The Kier molecular flexibility index (Phi) is 5.04. The molecular weight excluding hydrogens is 376 g/mol. The number of amides is 2. The molecule has 5 heteroatoms. The van der Waals surface area contributed by atoms with Crippen molar-refractivity contribution in [3.8, 4) is 0 Å². The summed E-state index contributed by atoms with van der Waals surface area (Å²) >= 11 is 0. The van der Waals surface area contributed by atoms with Crippen LogP contribution in [0.25, 0.3) is 5.57 Å². The van der Waals surface area contributed by atoms with Gasteiger partial charge in [-0.25, -0.2) is 0 Å². The molecule has 1 aliphatic heterocycles. The van der Waals surface area contributed by atoms with Crippen molar-refractivity contribution in [2.24, 2.45) is 0 Å². The van der Waals surface area contributed by atoms with Crippen LogP contribution >= 0.6 is 0 Å². The molecule has 0 unspecified atom stereocenters. The van der Waals surface area contributed by atoms with Crippen molar-refractivity contribution in [3.05, 3.63) is 94.1 Å². The lowest BCUT2D eigenvalue weighted by molar-refractivity contribution is -0.137. The van der Waals surface area contributed by atoms with Gasteiger partial charge in [-0.1, -0.05) is 41.5 Å². The third-order valence-corrected chi connectivity index (χ3v) is 5.35. The molecule has 1 N–H and O–H groups in total. The molecule has 152 valence electrons. The normalized spacial score (nSPS) is 14.1. The number of aryl methyl sites for hydroxylation is 4. The first-order valence-electron chi connectivity index (χ1n) is 9.90. The Hall–Kier alpha value is -3.60. The minimum absolute atomic E-state index is 0.0944. The number of hydrogen-bond acceptors (Lipinski definition) is 4. The molecule has 30 heavy (non-hydrogen) atoms. The van der Waals surface area contributed by atoms with Gasteiger partial charge in [0.25, 0.3) is 11.8 Å². The summed E-state index contributed by atoms with van der Waals surface area (Å²) in [5, 5.41) is 3.25. The van der Waals surface area contributed by atoms with Gasteiger partial charge in [0.1, 0.15) is 11.5 Å². The van der Waals surface area contributed by atoms with Gasteiger partial charge in [0.15, 0.2) is 0 Å². The number of nitrogens with one attached hydrogen (secondary N) is 1. The van der Waals surface area contributed by atoms with Gasteiger partial charge in [0, 0.05) is 5.69 Å². The van der Waals surface area contributed by atoms with Crippen LogP contribution in [0.2, 0.25) is 0 Å². The number of rotatable bonds is 5. The lowest BCUT2D eigenvalue weighted by atomic mass is 9.97. The van der Waals surface area contributed by atoms with Gasteiger partial charge in [-0.2, -0.15) is 0 Å². The molecule has 2 aromatic carbocycles. The summed E-state index contributed by atoms with van der Waals surface area (Å²) < 4.78 is 5.37. The maximum Gasteiger partial charge on any atom is 0.278 e. The first kappa shape index (κ1) is 19.7. The van der Waals surface area contributed by atoms with Crippen LogP contribution in [0.3, 0.4) is 0 Å². The fraction of sp³-hybridized carbons (Fsp3) is 0.200. The molecule has 0 atom stereocenters. The van der Waals surface area contributed by atoms with E-state index in [2.05, 4.69) is 5.32 Å². The Morgan fingerprint density at radius 2 is 1.57 bits per heavy atom. The number of anilines is 1. The van der Waals surface area contributed by atoms with Crippen LogP contribution in [0.15, 0.2) is 64.9 Å². The Morgan fingerprint density at radius 1 is 0.867 bits per heavy atom. The van der Waals surface area contributed by atoms with Crippen LogP contribution in [-0.2, 0) is 16.1 Å². The smallest absolute Gasteiger partial charge is 0.278 e. The molecule has 0 fully saturated rings. The lowest BCUT2D eigenvalue weighted by Gasteiger charge is -2.14. The second-order valence-electron chi connectivity index (χ2n) is 7.79. The number of nitrogens with zero attached hydrogens (tertiary/aromatic N) is 1. The van der Waals surface area contributed by atoms with E-state index < -0.39 is 0 Å². The van der Waals surface area contributed by atoms with Crippen LogP contribution in [0, 0.1) is 27.7 Å². The summed E-state index contributed by atoms with van der Waals surface area (Å²) in [7, 11) is 0. The van der Waals surface area contributed by atoms with Crippen molar-refractivity contribution in [2.45, 2.75) is 34.2 Å².